The Balaban J connectivity index is 2.68. The van der Waals surface area contributed by atoms with Crippen LogP contribution < -0.4 is 10.1 Å². The molecule has 0 bridgehead atoms. The normalized spacial score (nSPS) is 12.5. The molecule has 0 aliphatic heterocycles. The molecule has 96 valence electrons. The smallest absolute Gasteiger partial charge is 0.165 e. The van der Waals surface area contributed by atoms with Gasteiger partial charge in [0.05, 0.1) is 13.7 Å². The van der Waals surface area contributed by atoms with E-state index in [9.17, 15) is 4.39 Å². The zero-order valence-corrected chi connectivity index (χ0v) is 10.6. The molecule has 0 heterocycles. The third-order valence-electron chi connectivity index (χ3n) is 2.56. The molecule has 4 heteroatoms. The van der Waals surface area contributed by atoms with Gasteiger partial charge < -0.3 is 14.8 Å². The second-order valence-corrected chi connectivity index (χ2v) is 3.88. The predicted molar refractivity (Wildman–Crippen MR) is 66.0 cm³/mol. The van der Waals surface area contributed by atoms with Gasteiger partial charge >= 0.3 is 0 Å². The van der Waals surface area contributed by atoms with Crippen molar-refractivity contribution in [3.8, 4) is 5.75 Å². The molecule has 1 aromatic carbocycles. The Morgan fingerprint density at radius 3 is 2.65 bits per heavy atom. The van der Waals surface area contributed by atoms with Crippen molar-refractivity contribution in [1.82, 2.24) is 5.32 Å². The lowest BCUT2D eigenvalue weighted by Gasteiger charge is -2.17. The van der Waals surface area contributed by atoms with Crippen LogP contribution >= 0.6 is 0 Å². The number of halogens is 1. The number of benzene rings is 1. The van der Waals surface area contributed by atoms with E-state index in [1.807, 2.05) is 13.0 Å². The van der Waals surface area contributed by atoms with Gasteiger partial charge in [-0.05, 0) is 30.7 Å². The summed E-state index contributed by atoms with van der Waals surface area (Å²) in [7, 11) is 3.13. The summed E-state index contributed by atoms with van der Waals surface area (Å²) in [4.78, 5) is 0. The second kappa shape index (κ2) is 7.25. The van der Waals surface area contributed by atoms with Crippen LogP contribution in [0, 0.1) is 5.82 Å². The molecule has 0 saturated heterocycles. The summed E-state index contributed by atoms with van der Waals surface area (Å²) >= 11 is 0. The zero-order chi connectivity index (χ0) is 12.7. The largest absolute Gasteiger partial charge is 0.494 e. The maximum atomic E-state index is 13.5. The van der Waals surface area contributed by atoms with Crippen LogP contribution in [-0.4, -0.2) is 33.4 Å². The summed E-state index contributed by atoms with van der Waals surface area (Å²) in [5.74, 6) is -0.0434. The van der Waals surface area contributed by atoms with Gasteiger partial charge in [-0.15, -0.1) is 0 Å². The minimum atomic E-state index is -0.322. The van der Waals surface area contributed by atoms with Gasteiger partial charge in [0.1, 0.15) is 0 Å². The minimum Gasteiger partial charge on any atom is -0.494 e. The molecule has 0 spiro atoms. The summed E-state index contributed by atoms with van der Waals surface area (Å²) in [5, 5.41) is 3.30. The molecule has 1 rings (SSSR count). The standard InChI is InChI=1S/C13H20FNO2/c1-4-15-11(9-16-2)7-10-5-6-13(17-3)12(14)8-10/h5-6,8,11,15H,4,7,9H2,1-3H3. The van der Waals surface area contributed by atoms with Crippen LogP contribution in [0.3, 0.4) is 0 Å². The van der Waals surface area contributed by atoms with Gasteiger partial charge in [-0.1, -0.05) is 13.0 Å². The fourth-order valence-corrected chi connectivity index (χ4v) is 1.80. The van der Waals surface area contributed by atoms with Gasteiger partial charge in [0.25, 0.3) is 0 Å². The van der Waals surface area contributed by atoms with Crippen molar-refractivity contribution in [3.05, 3.63) is 29.6 Å². The highest BCUT2D eigenvalue weighted by molar-refractivity contribution is 5.29. The minimum absolute atomic E-state index is 0.206. The van der Waals surface area contributed by atoms with E-state index < -0.39 is 0 Å². The lowest BCUT2D eigenvalue weighted by atomic mass is 10.1. The number of hydrogen-bond acceptors (Lipinski definition) is 3. The van der Waals surface area contributed by atoms with Crippen LogP contribution in [0.1, 0.15) is 12.5 Å². The van der Waals surface area contributed by atoms with E-state index in [1.165, 1.54) is 13.2 Å². The average Bonchev–Trinajstić information content (AvgIpc) is 2.30. The van der Waals surface area contributed by atoms with Gasteiger partial charge in [-0.25, -0.2) is 4.39 Å². The van der Waals surface area contributed by atoms with Gasteiger partial charge in [-0.3, -0.25) is 0 Å². The summed E-state index contributed by atoms with van der Waals surface area (Å²) in [6, 6.07) is 5.25. The highest BCUT2D eigenvalue weighted by Crippen LogP contribution is 2.18. The van der Waals surface area contributed by atoms with Crippen LogP contribution in [0.5, 0.6) is 5.75 Å². The first-order chi connectivity index (χ1) is 8.21. The molecule has 0 amide bonds. The molecule has 0 aliphatic rings. The third kappa shape index (κ3) is 4.32. The molecular formula is C13H20FNO2. The Kier molecular flexibility index (Phi) is 5.94. The lowest BCUT2D eigenvalue weighted by Crippen LogP contribution is -2.34. The summed E-state index contributed by atoms with van der Waals surface area (Å²) < 4.78 is 23.5. The Bertz CT molecular complexity index is 338. The topological polar surface area (TPSA) is 30.5 Å². The van der Waals surface area contributed by atoms with Crippen LogP contribution in [0.15, 0.2) is 18.2 Å². The van der Waals surface area contributed by atoms with Gasteiger partial charge in [0, 0.05) is 13.2 Å². The Morgan fingerprint density at radius 2 is 2.12 bits per heavy atom. The van der Waals surface area contributed by atoms with Crippen LogP contribution in [0.25, 0.3) is 0 Å². The van der Waals surface area contributed by atoms with E-state index in [0.29, 0.717) is 6.61 Å². The molecular weight excluding hydrogens is 221 g/mol. The van der Waals surface area contributed by atoms with Crippen molar-refractivity contribution >= 4 is 0 Å². The molecule has 17 heavy (non-hydrogen) atoms. The monoisotopic (exact) mass is 241 g/mol. The molecule has 1 atom stereocenters. The van der Waals surface area contributed by atoms with E-state index in [0.717, 1.165) is 18.5 Å². The average molecular weight is 241 g/mol. The fraction of sp³-hybridized carbons (Fsp3) is 0.538. The molecule has 1 N–H and O–H groups in total. The van der Waals surface area contributed by atoms with Crippen molar-refractivity contribution in [2.75, 3.05) is 27.4 Å². The second-order valence-electron chi connectivity index (χ2n) is 3.88. The molecule has 0 aromatic heterocycles. The first-order valence-electron chi connectivity index (χ1n) is 5.76. The summed E-state index contributed by atoms with van der Waals surface area (Å²) in [6.45, 7) is 3.52. The van der Waals surface area contributed by atoms with Gasteiger partial charge in [0.2, 0.25) is 0 Å². The van der Waals surface area contributed by atoms with Gasteiger partial charge in [0.15, 0.2) is 11.6 Å². The predicted octanol–water partition coefficient (Wildman–Crippen LogP) is 2.00. The lowest BCUT2D eigenvalue weighted by molar-refractivity contribution is 0.167. The number of hydrogen-bond donors (Lipinski definition) is 1. The Hall–Kier alpha value is -1.13. The first-order valence-corrected chi connectivity index (χ1v) is 5.76. The van der Waals surface area contributed by atoms with Crippen molar-refractivity contribution in [1.29, 1.82) is 0 Å². The van der Waals surface area contributed by atoms with E-state index in [2.05, 4.69) is 5.32 Å². The van der Waals surface area contributed by atoms with Crippen LogP contribution in [0.2, 0.25) is 0 Å². The Morgan fingerprint density at radius 1 is 1.35 bits per heavy atom. The molecule has 0 aliphatic carbocycles. The fourth-order valence-electron chi connectivity index (χ4n) is 1.80. The van der Waals surface area contributed by atoms with Gasteiger partial charge in [-0.2, -0.15) is 0 Å². The van der Waals surface area contributed by atoms with E-state index in [4.69, 9.17) is 9.47 Å². The zero-order valence-electron chi connectivity index (χ0n) is 10.6. The Labute approximate surface area is 102 Å². The van der Waals surface area contributed by atoms with Crippen LogP contribution in [0.4, 0.5) is 4.39 Å². The van der Waals surface area contributed by atoms with E-state index in [1.54, 1.807) is 13.2 Å². The SMILES string of the molecule is CCNC(COC)Cc1ccc(OC)c(F)c1. The summed E-state index contributed by atoms with van der Waals surface area (Å²) in [5.41, 5.74) is 0.936. The number of ether oxygens (including phenoxy) is 2. The number of nitrogens with one attached hydrogen (secondary N) is 1. The quantitative estimate of drug-likeness (QED) is 0.792. The van der Waals surface area contributed by atoms with E-state index >= 15 is 0 Å². The third-order valence-corrected chi connectivity index (χ3v) is 2.56. The summed E-state index contributed by atoms with van der Waals surface area (Å²) in [6.07, 6.45) is 0.739. The van der Waals surface area contributed by atoms with Crippen molar-refractivity contribution in [2.24, 2.45) is 0 Å². The molecule has 0 fully saturated rings. The van der Waals surface area contributed by atoms with E-state index in [-0.39, 0.29) is 17.6 Å². The first kappa shape index (κ1) is 13.9. The molecule has 1 aromatic rings. The molecule has 3 nitrogen and oxygen atoms in total. The molecule has 0 radical (unpaired) electrons. The van der Waals surface area contributed by atoms with Crippen LogP contribution in [-0.2, 0) is 11.2 Å². The number of likely N-dealkylation sites (N-methyl/N-ethyl adjacent to an activating group) is 1. The van der Waals surface area contributed by atoms with Crippen molar-refractivity contribution < 1.29 is 13.9 Å². The highest BCUT2D eigenvalue weighted by atomic mass is 19.1. The highest BCUT2D eigenvalue weighted by Gasteiger charge is 2.10. The van der Waals surface area contributed by atoms with Crippen molar-refractivity contribution in [3.63, 3.8) is 0 Å². The molecule has 1 unspecified atom stereocenters. The maximum absolute atomic E-state index is 13.5. The maximum Gasteiger partial charge on any atom is 0.165 e. The van der Waals surface area contributed by atoms with Crippen molar-refractivity contribution in [2.45, 2.75) is 19.4 Å². The molecule has 0 saturated carbocycles. The number of rotatable bonds is 7. The number of methoxy groups -OCH3 is 2.